The van der Waals surface area contributed by atoms with E-state index in [2.05, 4.69) is 20.8 Å². The number of aryl methyl sites for hydroxylation is 1. The van der Waals surface area contributed by atoms with Crippen molar-refractivity contribution in [1.29, 1.82) is 0 Å². The lowest BCUT2D eigenvalue weighted by molar-refractivity contribution is -0.144. The van der Waals surface area contributed by atoms with Gasteiger partial charge in [-0.3, -0.25) is 0 Å². The van der Waals surface area contributed by atoms with Crippen molar-refractivity contribution in [2.45, 2.75) is 38.6 Å². The van der Waals surface area contributed by atoms with Gasteiger partial charge in [-0.2, -0.15) is 0 Å². The van der Waals surface area contributed by atoms with Crippen LogP contribution in [0.5, 0.6) is 0 Å². The van der Waals surface area contributed by atoms with Crippen molar-refractivity contribution in [3.05, 3.63) is 12.2 Å². The molecule has 1 rings (SSSR count). The van der Waals surface area contributed by atoms with Crippen LogP contribution >= 0.6 is 0 Å². The Morgan fingerprint density at radius 3 is 2.70 bits per heavy atom. The fourth-order valence-corrected chi connectivity index (χ4v) is 1.84. The van der Waals surface area contributed by atoms with E-state index in [9.17, 15) is 9.59 Å². The summed E-state index contributed by atoms with van der Waals surface area (Å²) in [5.74, 6) is -0.289. The van der Waals surface area contributed by atoms with E-state index in [-0.39, 0.29) is 0 Å². The minimum atomic E-state index is -1.25. The molecule has 1 aromatic rings. The van der Waals surface area contributed by atoms with Gasteiger partial charge in [0.2, 0.25) is 0 Å². The van der Waals surface area contributed by atoms with Crippen LogP contribution in [0.2, 0.25) is 0 Å². The molecule has 0 aromatic carbocycles. The van der Waals surface area contributed by atoms with Gasteiger partial charge in [0.1, 0.15) is 17.7 Å². The Morgan fingerprint density at radius 2 is 2.20 bits per heavy atom. The summed E-state index contributed by atoms with van der Waals surface area (Å²) < 4.78 is 1.76. The molecule has 112 valence electrons. The summed E-state index contributed by atoms with van der Waals surface area (Å²) >= 11 is 0. The molecule has 8 heteroatoms. The summed E-state index contributed by atoms with van der Waals surface area (Å²) in [5.41, 5.74) is -1.25. The van der Waals surface area contributed by atoms with Gasteiger partial charge >= 0.3 is 12.0 Å². The SMILES string of the molecule is CCCC(C)(NC(=O)NCCc1nncn1C)C(=O)O. The van der Waals surface area contributed by atoms with Crippen LogP contribution in [0.4, 0.5) is 4.79 Å². The lowest BCUT2D eigenvalue weighted by atomic mass is 9.97. The number of aliphatic carboxylic acids is 1. The fourth-order valence-electron chi connectivity index (χ4n) is 1.84. The van der Waals surface area contributed by atoms with Gasteiger partial charge in [-0.05, 0) is 13.3 Å². The zero-order chi connectivity index (χ0) is 15.2. The van der Waals surface area contributed by atoms with Gasteiger partial charge in [-0.1, -0.05) is 13.3 Å². The van der Waals surface area contributed by atoms with Crippen molar-refractivity contribution in [2.75, 3.05) is 6.54 Å². The predicted molar refractivity (Wildman–Crippen MR) is 72.2 cm³/mol. The zero-order valence-corrected chi connectivity index (χ0v) is 12.0. The van der Waals surface area contributed by atoms with E-state index in [0.29, 0.717) is 25.8 Å². The molecule has 1 unspecified atom stereocenters. The molecule has 0 aliphatic heterocycles. The predicted octanol–water partition coefficient (Wildman–Crippen LogP) is 0.300. The van der Waals surface area contributed by atoms with Gasteiger partial charge in [0, 0.05) is 20.0 Å². The molecule has 0 aliphatic rings. The highest BCUT2D eigenvalue weighted by Gasteiger charge is 2.33. The second-order valence-corrected chi connectivity index (χ2v) is 4.88. The molecule has 0 bridgehead atoms. The normalized spacial score (nSPS) is 13.6. The average Bonchev–Trinajstić information content (AvgIpc) is 2.75. The smallest absolute Gasteiger partial charge is 0.329 e. The molecule has 0 saturated heterocycles. The molecule has 1 heterocycles. The van der Waals surface area contributed by atoms with Crippen molar-refractivity contribution in [3.63, 3.8) is 0 Å². The van der Waals surface area contributed by atoms with Crippen LogP contribution < -0.4 is 10.6 Å². The van der Waals surface area contributed by atoms with Crippen molar-refractivity contribution >= 4 is 12.0 Å². The second kappa shape index (κ2) is 6.88. The van der Waals surface area contributed by atoms with Crippen molar-refractivity contribution in [2.24, 2.45) is 7.05 Å². The number of hydrogen-bond donors (Lipinski definition) is 3. The topological polar surface area (TPSA) is 109 Å². The highest BCUT2D eigenvalue weighted by molar-refractivity contribution is 5.85. The van der Waals surface area contributed by atoms with Gasteiger partial charge in [0.25, 0.3) is 0 Å². The van der Waals surface area contributed by atoms with Crippen LogP contribution in [0.1, 0.15) is 32.5 Å². The van der Waals surface area contributed by atoms with E-state index in [1.54, 1.807) is 10.9 Å². The van der Waals surface area contributed by atoms with Crippen LogP contribution in [0.15, 0.2) is 6.33 Å². The number of carbonyl (C=O) groups excluding carboxylic acids is 1. The van der Waals surface area contributed by atoms with Gasteiger partial charge in [-0.15, -0.1) is 10.2 Å². The van der Waals surface area contributed by atoms with Crippen molar-refractivity contribution in [1.82, 2.24) is 25.4 Å². The number of carboxylic acid groups (broad SMARTS) is 1. The first-order valence-corrected chi connectivity index (χ1v) is 6.51. The van der Waals surface area contributed by atoms with E-state index in [4.69, 9.17) is 5.11 Å². The maximum absolute atomic E-state index is 11.7. The highest BCUT2D eigenvalue weighted by atomic mass is 16.4. The third kappa shape index (κ3) is 4.22. The Kier molecular flexibility index (Phi) is 5.48. The number of hydrogen-bond acceptors (Lipinski definition) is 4. The van der Waals surface area contributed by atoms with Crippen molar-refractivity contribution in [3.8, 4) is 0 Å². The van der Waals surface area contributed by atoms with E-state index in [1.807, 2.05) is 14.0 Å². The Labute approximate surface area is 117 Å². The first kappa shape index (κ1) is 15.9. The largest absolute Gasteiger partial charge is 0.480 e. The maximum atomic E-state index is 11.7. The Bertz CT molecular complexity index is 473. The summed E-state index contributed by atoms with van der Waals surface area (Å²) in [6.07, 6.45) is 3.15. The van der Waals surface area contributed by atoms with Gasteiger partial charge in [0.05, 0.1) is 0 Å². The van der Waals surface area contributed by atoms with E-state index in [0.717, 1.165) is 5.82 Å². The first-order chi connectivity index (χ1) is 9.39. The molecule has 3 N–H and O–H groups in total. The zero-order valence-electron chi connectivity index (χ0n) is 12.0. The van der Waals surface area contributed by atoms with E-state index < -0.39 is 17.5 Å². The number of carboxylic acids is 1. The minimum Gasteiger partial charge on any atom is -0.480 e. The number of aromatic nitrogens is 3. The standard InChI is InChI=1S/C12H21N5O3/c1-4-6-12(2,10(18)19)15-11(20)13-7-5-9-16-14-8-17(9)3/h8H,4-7H2,1-3H3,(H,18,19)(H2,13,15,20). The molecule has 0 spiro atoms. The first-order valence-electron chi connectivity index (χ1n) is 6.51. The molecule has 8 nitrogen and oxygen atoms in total. The molecular formula is C12H21N5O3. The average molecular weight is 283 g/mol. The number of urea groups is 1. The molecule has 20 heavy (non-hydrogen) atoms. The summed E-state index contributed by atoms with van der Waals surface area (Å²) in [6, 6.07) is -0.495. The van der Waals surface area contributed by atoms with Crippen LogP contribution in [0, 0.1) is 0 Å². The van der Waals surface area contributed by atoms with Crippen LogP contribution in [0.25, 0.3) is 0 Å². The molecule has 0 radical (unpaired) electrons. The Hall–Kier alpha value is -2.12. The van der Waals surface area contributed by atoms with Gasteiger partial charge < -0.3 is 20.3 Å². The molecular weight excluding hydrogens is 262 g/mol. The minimum absolute atomic E-state index is 0.361. The third-order valence-corrected chi connectivity index (χ3v) is 3.05. The quantitative estimate of drug-likeness (QED) is 0.667. The number of amides is 2. The third-order valence-electron chi connectivity index (χ3n) is 3.05. The summed E-state index contributed by atoms with van der Waals surface area (Å²) in [4.78, 5) is 22.9. The Morgan fingerprint density at radius 1 is 1.50 bits per heavy atom. The molecule has 1 atom stereocenters. The summed E-state index contributed by atoms with van der Waals surface area (Å²) in [6.45, 7) is 3.73. The van der Waals surface area contributed by atoms with Crippen LogP contribution in [-0.4, -0.2) is 44.0 Å². The molecule has 0 fully saturated rings. The van der Waals surface area contributed by atoms with Gasteiger partial charge in [-0.25, -0.2) is 9.59 Å². The molecule has 2 amide bonds. The fraction of sp³-hybridized carbons (Fsp3) is 0.667. The van der Waals surface area contributed by atoms with Gasteiger partial charge in [0.15, 0.2) is 0 Å². The van der Waals surface area contributed by atoms with E-state index >= 15 is 0 Å². The molecule has 0 aliphatic carbocycles. The lowest BCUT2D eigenvalue weighted by Crippen LogP contribution is -2.55. The van der Waals surface area contributed by atoms with Crippen LogP contribution in [-0.2, 0) is 18.3 Å². The van der Waals surface area contributed by atoms with E-state index in [1.165, 1.54) is 6.92 Å². The number of nitrogens with one attached hydrogen (secondary N) is 2. The lowest BCUT2D eigenvalue weighted by Gasteiger charge is -2.25. The monoisotopic (exact) mass is 283 g/mol. The molecule has 0 saturated carbocycles. The molecule has 1 aromatic heterocycles. The van der Waals surface area contributed by atoms with Crippen LogP contribution in [0.3, 0.4) is 0 Å². The number of nitrogens with zero attached hydrogens (tertiary/aromatic N) is 3. The highest BCUT2D eigenvalue weighted by Crippen LogP contribution is 2.12. The summed E-state index contributed by atoms with van der Waals surface area (Å²) in [7, 11) is 1.82. The second-order valence-electron chi connectivity index (χ2n) is 4.88. The number of rotatable bonds is 7. The summed E-state index contributed by atoms with van der Waals surface area (Å²) in [5, 5.41) is 21.9. The van der Waals surface area contributed by atoms with Crippen molar-refractivity contribution < 1.29 is 14.7 Å². The Balaban J connectivity index is 2.43. The maximum Gasteiger partial charge on any atom is 0.329 e. The number of carbonyl (C=O) groups is 2.